The summed E-state index contributed by atoms with van der Waals surface area (Å²) in [5.41, 5.74) is 0.0639. The second-order valence-electron chi connectivity index (χ2n) is 4.76. The molecule has 0 bridgehead atoms. The van der Waals surface area contributed by atoms with Gasteiger partial charge in [0.05, 0.1) is 10.4 Å². The maximum atomic E-state index is 12.3. The highest BCUT2D eigenvalue weighted by molar-refractivity contribution is 7.89. The third kappa shape index (κ3) is 2.93. The summed E-state index contributed by atoms with van der Waals surface area (Å²) < 4.78 is 27.0. The lowest BCUT2D eigenvalue weighted by Gasteiger charge is -2.23. The Labute approximate surface area is 113 Å². The van der Waals surface area contributed by atoms with Gasteiger partial charge in [-0.05, 0) is 37.0 Å². The Morgan fingerprint density at radius 3 is 2.26 bits per heavy atom. The maximum Gasteiger partial charge on any atom is 0.241 e. The van der Waals surface area contributed by atoms with Crippen molar-refractivity contribution in [2.24, 2.45) is 0 Å². The lowest BCUT2D eigenvalue weighted by Crippen LogP contribution is -2.47. The fourth-order valence-electron chi connectivity index (χ4n) is 2.11. The highest BCUT2D eigenvalue weighted by Gasteiger charge is 2.35. The normalized spacial score (nSPS) is 17.5. The summed E-state index contributed by atoms with van der Waals surface area (Å²) in [5, 5.41) is 0. The number of rotatable bonds is 5. The molecule has 19 heavy (non-hydrogen) atoms. The minimum Gasteiger partial charge on any atom is -0.301 e. The van der Waals surface area contributed by atoms with E-state index in [9.17, 15) is 13.2 Å². The Hall–Kier alpha value is -1.46. The summed E-state index contributed by atoms with van der Waals surface area (Å²) in [7, 11) is -3.66. The van der Waals surface area contributed by atoms with E-state index < -0.39 is 15.6 Å². The molecule has 1 aliphatic rings. The second-order valence-corrected chi connectivity index (χ2v) is 6.44. The van der Waals surface area contributed by atoms with Gasteiger partial charge in [0.15, 0.2) is 0 Å². The van der Waals surface area contributed by atoms with Crippen molar-refractivity contribution in [2.75, 3.05) is 0 Å². The van der Waals surface area contributed by atoms with Crippen LogP contribution in [-0.4, -0.2) is 20.2 Å². The first-order valence-electron chi connectivity index (χ1n) is 6.25. The molecule has 1 aliphatic carbocycles. The molecule has 4 nitrogen and oxygen atoms in total. The molecule has 0 fully saturated rings. The van der Waals surface area contributed by atoms with Gasteiger partial charge < -0.3 is 4.79 Å². The third-order valence-electron chi connectivity index (χ3n) is 3.34. The average Bonchev–Trinajstić information content (AvgIpc) is 2.87. The first-order valence-corrected chi connectivity index (χ1v) is 7.74. The van der Waals surface area contributed by atoms with Gasteiger partial charge in [-0.1, -0.05) is 31.2 Å². The standard InChI is InChI=1S/C14H17NO3S/c1-2-12-5-7-13(8-6-12)19(17,18)15-14(11-16)9-3-4-10-14/h3-8,11,15H,2,9-10H2,1H3. The Kier molecular flexibility index (Phi) is 3.87. The van der Waals surface area contributed by atoms with Crippen LogP contribution in [-0.2, 0) is 21.2 Å². The van der Waals surface area contributed by atoms with Crippen molar-refractivity contribution in [2.45, 2.75) is 36.6 Å². The van der Waals surface area contributed by atoms with Crippen molar-refractivity contribution < 1.29 is 13.2 Å². The molecular formula is C14H17NO3S. The van der Waals surface area contributed by atoms with Crippen molar-refractivity contribution in [3.05, 3.63) is 42.0 Å². The van der Waals surface area contributed by atoms with Gasteiger partial charge in [-0.25, -0.2) is 8.42 Å². The molecule has 0 unspecified atom stereocenters. The van der Waals surface area contributed by atoms with E-state index in [0.717, 1.165) is 12.0 Å². The molecule has 0 saturated carbocycles. The summed E-state index contributed by atoms with van der Waals surface area (Å²) in [5.74, 6) is 0. The topological polar surface area (TPSA) is 63.2 Å². The summed E-state index contributed by atoms with van der Waals surface area (Å²) in [6, 6.07) is 6.72. The quantitative estimate of drug-likeness (QED) is 0.660. The van der Waals surface area contributed by atoms with E-state index in [0.29, 0.717) is 19.1 Å². The molecular weight excluding hydrogens is 262 g/mol. The van der Waals surface area contributed by atoms with Gasteiger partial charge in [-0.3, -0.25) is 0 Å². The Morgan fingerprint density at radius 1 is 1.21 bits per heavy atom. The van der Waals surface area contributed by atoms with Gasteiger partial charge in [-0.2, -0.15) is 4.72 Å². The largest absolute Gasteiger partial charge is 0.301 e. The number of aryl methyl sites for hydroxylation is 1. The van der Waals surface area contributed by atoms with Crippen LogP contribution in [0, 0.1) is 0 Å². The molecule has 0 saturated heterocycles. The highest BCUT2D eigenvalue weighted by atomic mass is 32.2. The van der Waals surface area contributed by atoms with Crippen molar-refractivity contribution in [3.63, 3.8) is 0 Å². The van der Waals surface area contributed by atoms with Gasteiger partial charge in [0.25, 0.3) is 0 Å². The van der Waals surface area contributed by atoms with Crippen LogP contribution in [0.4, 0.5) is 0 Å². The van der Waals surface area contributed by atoms with E-state index in [-0.39, 0.29) is 4.90 Å². The molecule has 5 heteroatoms. The van der Waals surface area contributed by atoms with Crippen LogP contribution in [0.3, 0.4) is 0 Å². The summed E-state index contributed by atoms with van der Waals surface area (Å²) in [6.45, 7) is 2.01. The van der Waals surface area contributed by atoms with Crippen LogP contribution in [0.5, 0.6) is 0 Å². The fraction of sp³-hybridized carbons (Fsp3) is 0.357. The van der Waals surface area contributed by atoms with Crippen molar-refractivity contribution in [1.29, 1.82) is 0 Å². The highest BCUT2D eigenvalue weighted by Crippen LogP contribution is 2.24. The van der Waals surface area contributed by atoms with Crippen LogP contribution in [0.25, 0.3) is 0 Å². The van der Waals surface area contributed by atoms with Gasteiger partial charge in [-0.15, -0.1) is 0 Å². The molecule has 0 spiro atoms. The van der Waals surface area contributed by atoms with Gasteiger partial charge in [0.2, 0.25) is 10.0 Å². The lowest BCUT2D eigenvalue weighted by atomic mass is 10.0. The molecule has 0 aromatic heterocycles. The molecule has 0 radical (unpaired) electrons. The van der Waals surface area contributed by atoms with Crippen LogP contribution < -0.4 is 4.72 Å². The number of hydrogen-bond acceptors (Lipinski definition) is 3. The number of carbonyl (C=O) groups is 1. The number of aldehydes is 1. The Balaban J connectivity index is 2.24. The molecule has 2 rings (SSSR count). The first kappa shape index (κ1) is 14.0. The predicted octanol–water partition coefficient (Wildman–Crippen LogP) is 1.81. The molecule has 0 atom stereocenters. The number of sulfonamides is 1. The zero-order chi connectivity index (χ0) is 13.9. The van der Waals surface area contributed by atoms with E-state index in [1.807, 2.05) is 19.1 Å². The van der Waals surface area contributed by atoms with E-state index >= 15 is 0 Å². The first-order chi connectivity index (χ1) is 9.01. The smallest absolute Gasteiger partial charge is 0.241 e. The molecule has 102 valence electrons. The lowest BCUT2D eigenvalue weighted by molar-refractivity contribution is -0.112. The fourth-order valence-corrected chi connectivity index (χ4v) is 3.47. The molecule has 1 aromatic rings. The van der Waals surface area contributed by atoms with Crippen LogP contribution >= 0.6 is 0 Å². The van der Waals surface area contributed by atoms with Crippen molar-refractivity contribution in [3.8, 4) is 0 Å². The number of carbonyl (C=O) groups excluding carboxylic acids is 1. The SMILES string of the molecule is CCc1ccc(S(=O)(=O)NC2(C=O)CC=CC2)cc1. The Morgan fingerprint density at radius 2 is 1.79 bits per heavy atom. The van der Waals surface area contributed by atoms with Gasteiger partial charge in [0, 0.05) is 0 Å². The number of benzene rings is 1. The second kappa shape index (κ2) is 5.27. The number of nitrogens with one attached hydrogen (secondary N) is 1. The molecule has 1 aromatic carbocycles. The van der Waals surface area contributed by atoms with Gasteiger partial charge >= 0.3 is 0 Å². The van der Waals surface area contributed by atoms with Gasteiger partial charge in [0.1, 0.15) is 6.29 Å². The van der Waals surface area contributed by atoms with E-state index in [1.54, 1.807) is 24.3 Å². The van der Waals surface area contributed by atoms with Crippen LogP contribution in [0.15, 0.2) is 41.3 Å². The average molecular weight is 279 g/mol. The number of hydrogen-bond donors (Lipinski definition) is 1. The van der Waals surface area contributed by atoms with E-state index in [2.05, 4.69) is 4.72 Å². The summed E-state index contributed by atoms with van der Waals surface area (Å²) in [4.78, 5) is 11.4. The molecule has 0 heterocycles. The van der Waals surface area contributed by atoms with Crippen molar-refractivity contribution in [1.82, 2.24) is 4.72 Å². The molecule has 0 aliphatic heterocycles. The minimum absolute atomic E-state index is 0.192. The molecule has 0 amide bonds. The zero-order valence-electron chi connectivity index (χ0n) is 10.8. The molecule has 1 N–H and O–H groups in total. The van der Waals surface area contributed by atoms with Crippen LogP contribution in [0.1, 0.15) is 25.3 Å². The summed E-state index contributed by atoms with van der Waals surface area (Å²) in [6.07, 6.45) is 5.99. The van der Waals surface area contributed by atoms with Crippen molar-refractivity contribution >= 4 is 16.3 Å². The third-order valence-corrected chi connectivity index (χ3v) is 4.90. The minimum atomic E-state index is -3.66. The van der Waals surface area contributed by atoms with E-state index in [4.69, 9.17) is 0 Å². The zero-order valence-corrected chi connectivity index (χ0v) is 11.6. The predicted molar refractivity (Wildman–Crippen MR) is 73.3 cm³/mol. The van der Waals surface area contributed by atoms with Crippen LogP contribution in [0.2, 0.25) is 0 Å². The monoisotopic (exact) mass is 279 g/mol. The Bertz CT molecular complexity index is 580. The van der Waals surface area contributed by atoms with E-state index in [1.165, 1.54) is 0 Å². The maximum absolute atomic E-state index is 12.3. The summed E-state index contributed by atoms with van der Waals surface area (Å²) >= 11 is 0.